The summed E-state index contributed by atoms with van der Waals surface area (Å²) in [5.41, 5.74) is 1.77. The number of ether oxygens (including phenoxy) is 2. The molecule has 1 aliphatic rings. The molecule has 2 amide bonds. The van der Waals surface area contributed by atoms with Crippen molar-refractivity contribution in [2.45, 2.75) is 39.2 Å². The number of benzene rings is 2. The van der Waals surface area contributed by atoms with Crippen LogP contribution in [0.25, 0.3) is 0 Å². The third-order valence-electron chi connectivity index (χ3n) is 4.69. The molecule has 1 heterocycles. The van der Waals surface area contributed by atoms with Gasteiger partial charge in [0, 0.05) is 18.3 Å². The Morgan fingerprint density at radius 3 is 2.64 bits per heavy atom. The van der Waals surface area contributed by atoms with Crippen molar-refractivity contribution < 1.29 is 19.1 Å². The molecule has 6 nitrogen and oxygen atoms in total. The predicted molar refractivity (Wildman–Crippen MR) is 109 cm³/mol. The van der Waals surface area contributed by atoms with E-state index in [1.807, 2.05) is 0 Å². The fourth-order valence-electron chi connectivity index (χ4n) is 3.04. The molecular weight excluding hydrogens is 356 g/mol. The molecule has 0 bridgehead atoms. The van der Waals surface area contributed by atoms with E-state index in [-0.39, 0.29) is 11.8 Å². The molecule has 0 fully saturated rings. The van der Waals surface area contributed by atoms with Gasteiger partial charge in [-0.25, -0.2) is 0 Å². The zero-order chi connectivity index (χ0) is 20.1. The number of rotatable bonds is 7. The maximum atomic E-state index is 12.5. The number of nitrogens with zero attached hydrogens (tertiary/aromatic N) is 1. The van der Waals surface area contributed by atoms with Gasteiger partial charge in [0.05, 0.1) is 12.3 Å². The summed E-state index contributed by atoms with van der Waals surface area (Å²) in [6.45, 7) is 4.55. The highest BCUT2D eigenvalue weighted by atomic mass is 16.5. The summed E-state index contributed by atoms with van der Waals surface area (Å²) in [4.78, 5) is 26.2. The number of nitrogens with one attached hydrogen (secondary N) is 1. The standard InChI is InChI=1S/C22H26N2O4/c1-4-5-6-13-27-18-10-7-16(8-11-18)21(25)23-17-9-12-20-19(14-17)24(3)22(26)15(2)28-20/h7-12,14-15H,4-6,13H2,1-3H3,(H,23,25)/t15-/m1/s1. The topological polar surface area (TPSA) is 67.9 Å². The molecule has 2 aromatic rings. The Bertz CT molecular complexity index is 848. The predicted octanol–water partition coefficient (Wildman–Crippen LogP) is 4.25. The van der Waals surface area contributed by atoms with Crippen molar-refractivity contribution in [3.8, 4) is 11.5 Å². The Labute approximate surface area is 165 Å². The number of anilines is 2. The second kappa shape index (κ2) is 8.78. The van der Waals surface area contributed by atoms with Gasteiger partial charge in [-0.15, -0.1) is 0 Å². The van der Waals surface area contributed by atoms with Crippen LogP contribution in [0.15, 0.2) is 42.5 Å². The average Bonchev–Trinajstić information content (AvgIpc) is 2.70. The van der Waals surface area contributed by atoms with Crippen molar-refractivity contribution in [1.29, 1.82) is 0 Å². The van der Waals surface area contributed by atoms with Crippen LogP contribution in [0.2, 0.25) is 0 Å². The molecule has 1 aliphatic heterocycles. The second-order valence-corrected chi connectivity index (χ2v) is 6.87. The van der Waals surface area contributed by atoms with Crippen molar-refractivity contribution in [2.75, 3.05) is 23.9 Å². The molecule has 1 atom stereocenters. The molecule has 0 unspecified atom stereocenters. The van der Waals surface area contributed by atoms with E-state index in [1.54, 1.807) is 61.3 Å². The molecule has 0 saturated heterocycles. The van der Waals surface area contributed by atoms with Gasteiger partial charge in [0.25, 0.3) is 11.8 Å². The summed E-state index contributed by atoms with van der Waals surface area (Å²) in [7, 11) is 1.70. The lowest BCUT2D eigenvalue weighted by Crippen LogP contribution is -2.41. The number of amides is 2. The average molecular weight is 382 g/mol. The molecule has 6 heteroatoms. The molecule has 3 rings (SSSR count). The van der Waals surface area contributed by atoms with Crippen LogP contribution in [0.5, 0.6) is 11.5 Å². The monoisotopic (exact) mass is 382 g/mol. The number of carbonyl (C=O) groups is 2. The lowest BCUT2D eigenvalue weighted by atomic mass is 10.1. The van der Waals surface area contributed by atoms with Crippen LogP contribution in [-0.4, -0.2) is 31.6 Å². The number of hydrogen-bond acceptors (Lipinski definition) is 4. The fraction of sp³-hybridized carbons (Fsp3) is 0.364. The first-order valence-electron chi connectivity index (χ1n) is 9.62. The molecule has 0 aliphatic carbocycles. The van der Waals surface area contributed by atoms with Gasteiger partial charge in [0.2, 0.25) is 0 Å². The van der Waals surface area contributed by atoms with Crippen molar-refractivity contribution in [1.82, 2.24) is 0 Å². The summed E-state index contributed by atoms with van der Waals surface area (Å²) < 4.78 is 11.3. The fourth-order valence-corrected chi connectivity index (χ4v) is 3.04. The molecule has 0 saturated carbocycles. The molecule has 0 spiro atoms. The second-order valence-electron chi connectivity index (χ2n) is 6.87. The normalized spacial score (nSPS) is 15.6. The zero-order valence-electron chi connectivity index (χ0n) is 16.5. The van der Waals surface area contributed by atoms with E-state index in [9.17, 15) is 9.59 Å². The Balaban J connectivity index is 1.64. The van der Waals surface area contributed by atoms with Crippen LogP contribution in [-0.2, 0) is 4.79 Å². The third-order valence-corrected chi connectivity index (χ3v) is 4.69. The van der Waals surface area contributed by atoms with Crippen LogP contribution in [0.3, 0.4) is 0 Å². The van der Waals surface area contributed by atoms with E-state index in [4.69, 9.17) is 9.47 Å². The lowest BCUT2D eigenvalue weighted by Gasteiger charge is -2.30. The van der Waals surface area contributed by atoms with E-state index in [0.29, 0.717) is 29.3 Å². The molecule has 148 valence electrons. The van der Waals surface area contributed by atoms with Crippen molar-refractivity contribution in [2.24, 2.45) is 0 Å². The summed E-state index contributed by atoms with van der Waals surface area (Å²) in [6, 6.07) is 12.3. The lowest BCUT2D eigenvalue weighted by molar-refractivity contribution is -0.125. The summed E-state index contributed by atoms with van der Waals surface area (Å²) in [5, 5.41) is 2.86. The maximum absolute atomic E-state index is 12.5. The zero-order valence-corrected chi connectivity index (χ0v) is 16.5. The van der Waals surface area contributed by atoms with Gasteiger partial charge in [0.1, 0.15) is 11.5 Å². The van der Waals surface area contributed by atoms with Crippen LogP contribution in [0.1, 0.15) is 43.5 Å². The molecule has 1 N–H and O–H groups in total. The highest BCUT2D eigenvalue weighted by molar-refractivity contribution is 6.05. The Morgan fingerprint density at radius 1 is 1.18 bits per heavy atom. The van der Waals surface area contributed by atoms with Gasteiger partial charge in [0.15, 0.2) is 6.10 Å². The largest absolute Gasteiger partial charge is 0.494 e. The first-order chi connectivity index (χ1) is 13.5. The Kier molecular flexibility index (Phi) is 6.19. The molecule has 0 aromatic heterocycles. The van der Waals surface area contributed by atoms with Gasteiger partial charge in [-0.3, -0.25) is 9.59 Å². The summed E-state index contributed by atoms with van der Waals surface area (Å²) >= 11 is 0. The van der Waals surface area contributed by atoms with Crippen molar-refractivity contribution >= 4 is 23.2 Å². The van der Waals surface area contributed by atoms with E-state index < -0.39 is 6.10 Å². The number of fused-ring (bicyclic) bond motifs is 1. The van der Waals surface area contributed by atoms with Gasteiger partial charge in [-0.1, -0.05) is 19.8 Å². The third kappa shape index (κ3) is 4.44. The smallest absolute Gasteiger partial charge is 0.267 e. The number of carbonyl (C=O) groups excluding carboxylic acids is 2. The molecular formula is C22H26N2O4. The minimum atomic E-state index is -0.513. The van der Waals surface area contributed by atoms with Gasteiger partial charge in [-0.2, -0.15) is 0 Å². The quantitative estimate of drug-likeness (QED) is 0.727. The number of hydrogen-bond donors (Lipinski definition) is 1. The van der Waals surface area contributed by atoms with Gasteiger partial charge in [-0.05, 0) is 55.8 Å². The molecule has 2 aromatic carbocycles. The maximum Gasteiger partial charge on any atom is 0.267 e. The van der Waals surface area contributed by atoms with Crippen LogP contribution >= 0.6 is 0 Å². The van der Waals surface area contributed by atoms with Crippen molar-refractivity contribution in [3.05, 3.63) is 48.0 Å². The van der Waals surface area contributed by atoms with Gasteiger partial charge < -0.3 is 19.7 Å². The molecule has 28 heavy (non-hydrogen) atoms. The minimum absolute atomic E-state index is 0.120. The number of unbranched alkanes of at least 4 members (excludes halogenated alkanes) is 2. The van der Waals surface area contributed by atoms with E-state index in [2.05, 4.69) is 12.2 Å². The van der Waals surface area contributed by atoms with Crippen molar-refractivity contribution in [3.63, 3.8) is 0 Å². The summed E-state index contributed by atoms with van der Waals surface area (Å²) in [5.74, 6) is 1.03. The van der Waals surface area contributed by atoms with Crippen LogP contribution in [0, 0.1) is 0 Å². The first kappa shape index (κ1) is 19.7. The Hall–Kier alpha value is -3.02. The van der Waals surface area contributed by atoms with Crippen LogP contribution < -0.4 is 19.7 Å². The minimum Gasteiger partial charge on any atom is -0.494 e. The molecule has 0 radical (unpaired) electrons. The van der Waals surface area contributed by atoms with Gasteiger partial charge >= 0.3 is 0 Å². The highest BCUT2D eigenvalue weighted by Crippen LogP contribution is 2.35. The van der Waals surface area contributed by atoms with E-state index in [0.717, 1.165) is 25.0 Å². The van der Waals surface area contributed by atoms with Crippen LogP contribution in [0.4, 0.5) is 11.4 Å². The highest BCUT2D eigenvalue weighted by Gasteiger charge is 2.29. The number of likely N-dealkylation sites (N-methyl/N-ethyl adjacent to an activating group) is 1. The SMILES string of the molecule is CCCCCOc1ccc(C(=O)Nc2ccc3c(c2)N(C)C(=O)[C@@H](C)O3)cc1. The van der Waals surface area contributed by atoms with E-state index >= 15 is 0 Å². The first-order valence-corrected chi connectivity index (χ1v) is 9.62. The Morgan fingerprint density at radius 2 is 1.93 bits per heavy atom. The summed E-state index contributed by atoms with van der Waals surface area (Å²) in [6.07, 6.45) is 2.81. The van der Waals surface area contributed by atoms with E-state index in [1.165, 1.54) is 0 Å².